The number of carboxylic acids is 1. The third-order valence-electron chi connectivity index (χ3n) is 2.72. The number of likely N-dealkylation sites (N-methyl/N-ethyl adjacent to an activating group) is 1. The average Bonchev–Trinajstić information content (AvgIpc) is 2.36. The average molecular weight is 279 g/mol. The van der Waals surface area contributed by atoms with Crippen LogP contribution in [0.15, 0.2) is 18.2 Å². The summed E-state index contributed by atoms with van der Waals surface area (Å²) in [7, 11) is 1.46. The maximum Gasteiger partial charge on any atom is 0.338 e. The molecule has 1 aromatic carbocycles. The third kappa shape index (κ3) is 3.71. The van der Waals surface area contributed by atoms with Gasteiger partial charge in [0.05, 0.1) is 11.3 Å². The van der Waals surface area contributed by atoms with E-state index in [1.165, 1.54) is 20.0 Å². The molecular weight excluding hydrogens is 262 g/mol. The summed E-state index contributed by atoms with van der Waals surface area (Å²) in [6.45, 7) is 3.16. The normalized spacial score (nSPS) is 11.3. The molecule has 1 rings (SSSR count). The van der Waals surface area contributed by atoms with Crippen LogP contribution in [0.5, 0.6) is 0 Å². The van der Waals surface area contributed by atoms with Gasteiger partial charge in [-0.2, -0.15) is 0 Å². The summed E-state index contributed by atoms with van der Waals surface area (Å²) in [5, 5.41) is 16.4. The summed E-state index contributed by atoms with van der Waals surface area (Å²) in [6, 6.07) is 3.40. The fraction of sp³-hybridized carbons (Fsp3) is 0.308. The number of rotatable bonds is 4. The maximum absolute atomic E-state index is 11.7. The number of benzene rings is 1. The minimum atomic E-state index is -1.13. The Bertz CT molecular complexity index is 542. The zero-order valence-corrected chi connectivity index (χ0v) is 11.5. The van der Waals surface area contributed by atoms with Gasteiger partial charge in [-0.15, -0.1) is 0 Å². The lowest BCUT2D eigenvalue weighted by Crippen LogP contribution is -2.45. The summed E-state index contributed by atoms with van der Waals surface area (Å²) in [6.07, 6.45) is 0. The highest BCUT2D eigenvalue weighted by Crippen LogP contribution is 2.19. The Balaban J connectivity index is 2.84. The summed E-state index contributed by atoms with van der Waals surface area (Å²) in [4.78, 5) is 34.2. The van der Waals surface area contributed by atoms with Gasteiger partial charge in [0.15, 0.2) is 0 Å². The summed E-state index contributed by atoms with van der Waals surface area (Å²) >= 11 is 0. The van der Waals surface area contributed by atoms with Crippen molar-refractivity contribution in [3.8, 4) is 0 Å². The molecule has 0 spiro atoms. The number of carbonyl (C=O) groups excluding carboxylic acids is 2. The second-order valence-corrected chi connectivity index (χ2v) is 4.24. The Hall–Kier alpha value is -2.57. The first-order valence-electron chi connectivity index (χ1n) is 5.98. The summed E-state index contributed by atoms with van der Waals surface area (Å²) in [5.74, 6) is -1.47. The maximum atomic E-state index is 11.7. The number of aryl methyl sites for hydroxylation is 1. The van der Waals surface area contributed by atoms with Gasteiger partial charge in [-0.25, -0.2) is 9.59 Å². The second kappa shape index (κ2) is 6.55. The van der Waals surface area contributed by atoms with E-state index in [-0.39, 0.29) is 17.2 Å². The van der Waals surface area contributed by atoms with Crippen molar-refractivity contribution in [2.45, 2.75) is 19.9 Å². The monoisotopic (exact) mass is 279 g/mol. The predicted molar refractivity (Wildman–Crippen MR) is 73.8 cm³/mol. The first-order valence-corrected chi connectivity index (χ1v) is 5.98. The fourth-order valence-electron chi connectivity index (χ4n) is 1.69. The highest BCUT2D eigenvalue weighted by atomic mass is 16.4. The van der Waals surface area contributed by atoms with E-state index < -0.39 is 18.0 Å². The summed E-state index contributed by atoms with van der Waals surface area (Å²) in [5.41, 5.74) is 0.740. The number of carbonyl (C=O) groups is 3. The zero-order chi connectivity index (χ0) is 15.3. The number of hydrogen-bond acceptors (Lipinski definition) is 3. The first-order chi connectivity index (χ1) is 9.36. The summed E-state index contributed by atoms with van der Waals surface area (Å²) < 4.78 is 0. The molecule has 1 unspecified atom stereocenters. The van der Waals surface area contributed by atoms with E-state index in [9.17, 15) is 14.4 Å². The van der Waals surface area contributed by atoms with Crippen molar-refractivity contribution in [2.24, 2.45) is 0 Å². The quantitative estimate of drug-likeness (QED) is 0.658. The Morgan fingerprint density at radius 2 is 1.90 bits per heavy atom. The number of hydrogen-bond donors (Lipinski definition) is 4. The third-order valence-corrected chi connectivity index (χ3v) is 2.72. The van der Waals surface area contributed by atoms with Gasteiger partial charge in [0.2, 0.25) is 5.91 Å². The standard InChI is InChI=1S/C13H17N3O4/c1-7-5-4-6-9(10(7)12(18)19)16-13(20)15-8(2)11(17)14-3/h4-6,8H,1-3H3,(H,14,17)(H,18,19)(H2,15,16,20). The molecule has 0 aliphatic heterocycles. The van der Waals surface area contributed by atoms with Crippen LogP contribution in [0.3, 0.4) is 0 Å². The highest BCUT2D eigenvalue weighted by molar-refractivity contribution is 6.01. The molecule has 0 radical (unpaired) electrons. The Kier molecular flexibility index (Phi) is 5.08. The molecule has 3 amide bonds. The van der Waals surface area contributed by atoms with Crippen molar-refractivity contribution < 1.29 is 19.5 Å². The van der Waals surface area contributed by atoms with Crippen molar-refractivity contribution in [3.05, 3.63) is 29.3 Å². The molecule has 0 bridgehead atoms. The number of carboxylic acid groups (broad SMARTS) is 1. The van der Waals surface area contributed by atoms with Crippen LogP contribution >= 0.6 is 0 Å². The van der Waals surface area contributed by atoms with Gasteiger partial charge in [-0.1, -0.05) is 12.1 Å². The Morgan fingerprint density at radius 1 is 1.25 bits per heavy atom. The van der Waals surface area contributed by atoms with Crippen molar-refractivity contribution >= 4 is 23.6 Å². The molecule has 7 nitrogen and oxygen atoms in total. The number of aromatic carboxylic acids is 1. The predicted octanol–water partition coefficient (Wildman–Crippen LogP) is 0.949. The van der Waals surface area contributed by atoms with E-state index >= 15 is 0 Å². The minimum absolute atomic E-state index is 0.0234. The molecule has 0 aromatic heterocycles. The van der Waals surface area contributed by atoms with Crippen LogP contribution < -0.4 is 16.0 Å². The Labute approximate surface area is 116 Å². The molecule has 4 N–H and O–H groups in total. The van der Waals surface area contributed by atoms with Gasteiger partial charge in [0, 0.05) is 7.05 Å². The minimum Gasteiger partial charge on any atom is -0.478 e. The SMILES string of the molecule is CNC(=O)C(C)NC(=O)Nc1cccc(C)c1C(=O)O. The number of amides is 3. The highest BCUT2D eigenvalue weighted by Gasteiger charge is 2.17. The molecule has 7 heteroatoms. The van der Waals surface area contributed by atoms with Gasteiger partial charge in [-0.05, 0) is 25.5 Å². The fourth-order valence-corrected chi connectivity index (χ4v) is 1.69. The topological polar surface area (TPSA) is 108 Å². The number of urea groups is 1. The molecule has 0 fully saturated rings. The van der Waals surface area contributed by atoms with Gasteiger partial charge in [-0.3, -0.25) is 4.79 Å². The van der Waals surface area contributed by atoms with Crippen molar-refractivity contribution in [1.82, 2.24) is 10.6 Å². The van der Waals surface area contributed by atoms with Crippen LogP contribution in [0.4, 0.5) is 10.5 Å². The number of nitrogens with one attached hydrogen (secondary N) is 3. The van der Waals surface area contributed by atoms with Crippen LogP contribution in [0.1, 0.15) is 22.8 Å². The van der Waals surface area contributed by atoms with Crippen molar-refractivity contribution in [1.29, 1.82) is 0 Å². The molecule has 1 atom stereocenters. The lowest BCUT2D eigenvalue weighted by atomic mass is 10.1. The van der Waals surface area contributed by atoms with E-state index in [0.29, 0.717) is 5.56 Å². The molecule has 0 heterocycles. The van der Waals surface area contributed by atoms with E-state index in [4.69, 9.17) is 5.11 Å². The van der Waals surface area contributed by atoms with Crippen molar-refractivity contribution in [3.63, 3.8) is 0 Å². The van der Waals surface area contributed by atoms with Crippen LogP contribution in [0.2, 0.25) is 0 Å². The molecule has 108 valence electrons. The zero-order valence-electron chi connectivity index (χ0n) is 11.5. The van der Waals surface area contributed by atoms with Crippen LogP contribution in [0, 0.1) is 6.92 Å². The van der Waals surface area contributed by atoms with Gasteiger partial charge in [0.25, 0.3) is 0 Å². The van der Waals surface area contributed by atoms with E-state index in [1.807, 2.05) is 0 Å². The molecule has 0 saturated heterocycles. The Morgan fingerprint density at radius 3 is 2.45 bits per heavy atom. The van der Waals surface area contributed by atoms with E-state index in [0.717, 1.165) is 0 Å². The second-order valence-electron chi connectivity index (χ2n) is 4.24. The van der Waals surface area contributed by atoms with Crippen LogP contribution in [-0.2, 0) is 4.79 Å². The molecule has 20 heavy (non-hydrogen) atoms. The smallest absolute Gasteiger partial charge is 0.338 e. The molecular formula is C13H17N3O4. The van der Waals surface area contributed by atoms with Crippen LogP contribution in [0.25, 0.3) is 0 Å². The molecule has 1 aromatic rings. The lowest BCUT2D eigenvalue weighted by Gasteiger charge is -2.15. The van der Waals surface area contributed by atoms with Crippen molar-refractivity contribution in [2.75, 3.05) is 12.4 Å². The molecule has 0 aliphatic rings. The van der Waals surface area contributed by atoms with Crippen LogP contribution in [-0.4, -0.2) is 36.1 Å². The lowest BCUT2D eigenvalue weighted by molar-refractivity contribution is -0.122. The van der Waals surface area contributed by atoms with E-state index in [1.54, 1.807) is 19.1 Å². The van der Waals surface area contributed by atoms with Gasteiger partial charge in [0.1, 0.15) is 6.04 Å². The molecule has 0 aliphatic carbocycles. The van der Waals surface area contributed by atoms with Gasteiger partial charge < -0.3 is 21.1 Å². The first kappa shape index (κ1) is 15.5. The molecule has 0 saturated carbocycles. The van der Waals surface area contributed by atoms with E-state index in [2.05, 4.69) is 16.0 Å². The number of anilines is 1. The van der Waals surface area contributed by atoms with Gasteiger partial charge >= 0.3 is 12.0 Å². The largest absolute Gasteiger partial charge is 0.478 e.